The van der Waals surface area contributed by atoms with Crippen molar-refractivity contribution in [3.63, 3.8) is 0 Å². The minimum atomic E-state index is -0.655. The predicted octanol–water partition coefficient (Wildman–Crippen LogP) is 4.08. The second-order valence-corrected chi connectivity index (χ2v) is 7.75. The molecule has 4 rings (SSSR count). The molecule has 0 unspecified atom stereocenters. The zero-order valence-electron chi connectivity index (χ0n) is 17.3. The Kier molecular flexibility index (Phi) is 7.78. The molecule has 0 bridgehead atoms. The molecule has 0 fully saturated rings. The van der Waals surface area contributed by atoms with Gasteiger partial charge < -0.3 is 10.3 Å². The quantitative estimate of drug-likeness (QED) is 0.400. The van der Waals surface area contributed by atoms with Gasteiger partial charge in [0, 0.05) is 26.3 Å². The number of hydrogen-bond acceptors (Lipinski definition) is 5. The van der Waals surface area contributed by atoms with E-state index in [1.165, 1.54) is 35.6 Å². The van der Waals surface area contributed by atoms with Gasteiger partial charge in [0.05, 0.1) is 28.1 Å². The van der Waals surface area contributed by atoms with Crippen molar-refractivity contribution in [3.05, 3.63) is 96.8 Å². The topological polar surface area (TPSA) is 108 Å². The second kappa shape index (κ2) is 10.7. The highest BCUT2D eigenvalue weighted by atomic mass is 32.1. The Hall–Kier alpha value is -3.73. The summed E-state index contributed by atoms with van der Waals surface area (Å²) in [5.41, 5.74) is 2.00. The first-order valence-electron chi connectivity index (χ1n) is 9.76. The van der Waals surface area contributed by atoms with Gasteiger partial charge in [0.2, 0.25) is 5.91 Å². The molecule has 0 saturated carbocycles. The van der Waals surface area contributed by atoms with E-state index in [-0.39, 0.29) is 26.1 Å². The third kappa shape index (κ3) is 6.62. The standard InChI is InChI=1S/C14H14F2N2OS.C8H5FN2O2.2H2/c1-9(12-4-2-10(15)6-13(12)16)18-14(19)5-3-11-7-20-8-17-11;9-4-1-2-6-5(3-4)7(12)11-8(13)10-6;;/h2,4,6-9H,3,5H2,1H3,(H,18,19);1-3H,(H2,10,11,12,13);2*1H/t9-;;;/m1.../s1. The maximum absolute atomic E-state index is 13.6. The van der Waals surface area contributed by atoms with Gasteiger partial charge in [-0.3, -0.25) is 14.6 Å². The average Bonchev–Trinajstić information content (AvgIpc) is 3.27. The minimum absolute atomic E-state index is 0. The van der Waals surface area contributed by atoms with E-state index >= 15 is 0 Å². The van der Waals surface area contributed by atoms with Crippen LogP contribution >= 0.6 is 11.3 Å². The molecule has 1 amide bonds. The summed E-state index contributed by atoms with van der Waals surface area (Å²) in [4.78, 5) is 42.1. The van der Waals surface area contributed by atoms with Crippen LogP contribution in [0.5, 0.6) is 0 Å². The summed E-state index contributed by atoms with van der Waals surface area (Å²) in [6, 6.07) is 6.43. The van der Waals surface area contributed by atoms with Crippen LogP contribution in [0.25, 0.3) is 10.9 Å². The van der Waals surface area contributed by atoms with Crippen LogP contribution in [-0.2, 0) is 11.2 Å². The Morgan fingerprint density at radius 3 is 2.55 bits per heavy atom. The zero-order chi connectivity index (χ0) is 24.0. The Labute approximate surface area is 192 Å². The van der Waals surface area contributed by atoms with E-state index in [9.17, 15) is 27.6 Å². The molecule has 176 valence electrons. The Morgan fingerprint density at radius 1 is 1.12 bits per heavy atom. The van der Waals surface area contributed by atoms with Crippen molar-refractivity contribution < 1.29 is 20.8 Å². The van der Waals surface area contributed by atoms with Crippen molar-refractivity contribution in [1.29, 1.82) is 0 Å². The fourth-order valence-electron chi connectivity index (χ4n) is 2.98. The van der Waals surface area contributed by atoms with E-state index in [1.807, 2.05) is 10.4 Å². The molecule has 33 heavy (non-hydrogen) atoms. The lowest BCUT2D eigenvalue weighted by Gasteiger charge is -2.15. The van der Waals surface area contributed by atoms with E-state index in [0.29, 0.717) is 11.9 Å². The van der Waals surface area contributed by atoms with Gasteiger partial charge in [0.1, 0.15) is 17.5 Å². The third-order valence-corrected chi connectivity index (χ3v) is 5.23. The van der Waals surface area contributed by atoms with E-state index < -0.39 is 34.7 Å². The van der Waals surface area contributed by atoms with Crippen molar-refractivity contribution >= 4 is 28.1 Å². The Morgan fingerprint density at radius 2 is 1.85 bits per heavy atom. The molecular formula is C22H23F3N4O3S. The largest absolute Gasteiger partial charge is 0.349 e. The number of amides is 1. The average molecular weight is 481 g/mol. The summed E-state index contributed by atoms with van der Waals surface area (Å²) in [5, 5.41) is 4.72. The second-order valence-electron chi connectivity index (χ2n) is 7.03. The van der Waals surface area contributed by atoms with E-state index in [2.05, 4.69) is 15.3 Å². The highest BCUT2D eigenvalue weighted by Crippen LogP contribution is 2.18. The SMILES string of the molecule is C[C@@H](NC(=O)CCc1cscn1)c1ccc(F)cc1F.O=c1[nH]c(=O)c2cc(F)ccc2[nH]1.[HH].[HH]. The van der Waals surface area contributed by atoms with Crippen LogP contribution < -0.4 is 16.6 Å². The third-order valence-electron chi connectivity index (χ3n) is 4.60. The Bertz CT molecular complexity index is 1380. The number of aromatic nitrogens is 3. The first-order valence-corrected chi connectivity index (χ1v) is 10.7. The van der Waals surface area contributed by atoms with Crippen LogP contribution in [-0.4, -0.2) is 20.9 Å². The van der Waals surface area contributed by atoms with Crippen molar-refractivity contribution in [2.45, 2.75) is 25.8 Å². The molecule has 4 aromatic rings. The maximum Gasteiger partial charge on any atom is 0.326 e. The number of nitrogens with one attached hydrogen (secondary N) is 3. The number of hydrogen-bond donors (Lipinski definition) is 3. The summed E-state index contributed by atoms with van der Waals surface area (Å²) >= 11 is 1.48. The van der Waals surface area contributed by atoms with E-state index in [1.54, 1.807) is 12.4 Å². The van der Waals surface area contributed by atoms with Gasteiger partial charge in [-0.25, -0.2) is 22.9 Å². The van der Waals surface area contributed by atoms with Crippen molar-refractivity contribution in [3.8, 4) is 0 Å². The number of carbonyl (C=O) groups is 1. The monoisotopic (exact) mass is 480 g/mol. The number of rotatable bonds is 5. The van der Waals surface area contributed by atoms with Crippen LogP contribution in [0.3, 0.4) is 0 Å². The number of halogens is 3. The van der Waals surface area contributed by atoms with Gasteiger partial charge in [-0.1, -0.05) is 6.07 Å². The molecule has 0 saturated heterocycles. The van der Waals surface area contributed by atoms with E-state index in [4.69, 9.17) is 0 Å². The molecule has 1 atom stereocenters. The Balaban J connectivity index is 0.000000356. The number of benzene rings is 2. The summed E-state index contributed by atoms with van der Waals surface area (Å²) in [6.07, 6.45) is 0.838. The van der Waals surface area contributed by atoms with Crippen molar-refractivity contribution in [2.24, 2.45) is 0 Å². The predicted molar refractivity (Wildman–Crippen MR) is 123 cm³/mol. The van der Waals surface area contributed by atoms with Crippen LogP contribution in [0.4, 0.5) is 13.2 Å². The molecule has 0 aliphatic rings. The smallest absolute Gasteiger partial charge is 0.326 e. The number of fused-ring (bicyclic) bond motifs is 1. The lowest BCUT2D eigenvalue weighted by Crippen LogP contribution is -2.27. The van der Waals surface area contributed by atoms with Gasteiger partial charge in [0.25, 0.3) is 5.56 Å². The number of thiazole rings is 1. The fourth-order valence-corrected chi connectivity index (χ4v) is 3.58. The number of aryl methyl sites for hydroxylation is 1. The molecule has 0 aliphatic heterocycles. The first-order chi connectivity index (χ1) is 15.7. The van der Waals surface area contributed by atoms with E-state index in [0.717, 1.165) is 17.8 Å². The van der Waals surface area contributed by atoms with Crippen molar-refractivity contribution in [1.82, 2.24) is 20.3 Å². The number of H-pyrrole nitrogens is 2. The lowest BCUT2D eigenvalue weighted by molar-refractivity contribution is -0.121. The lowest BCUT2D eigenvalue weighted by atomic mass is 10.1. The zero-order valence-corrected chi connectivity index (χ0v) is 18.1. The van der Waals surface area contributed by atoms with Crippen LogP contribution in [0.15, 0.2) is 56.9 Å². The highest BCUT2D eigenvalue weighted by Gasteiger charge is 2.14. The van der Waals surface area contributed by atoms with Gasteiger partial charge in [-0.2, -0.15) is 0 Å². The molecule has 0 aliphatic carbocycles. The van der Waals surface area contributed by atoms with Crippen LogP contribution in [0.2, 0.25) is 0 Å². The molecule has 0 spiro atoms. The molecule has 7 nitrogen and oxygen atoms in total. The van der Waals surface area contributed by atoms with Gasteiger partial charge in [-0.05, 0) is 37.6 Å². The molecule has 3 N–H and O–H groups in total. The number of carbonyl (C=O) groups excluding carboxylic acids is 1. The molecule has 0 radical (unpaired) electrons. The normalized spacial score (nSPS) is 11.5. The fraction of sp³-hybridized carbons (Fsp3) is 0.182. The summed E-state index contributed by atoms with van der Waals surface area (Å²) in [6.45, 7) is 1.66. The summed E-state index contributed by atoms with van der Waals surface area (Å²) in [5.74, 6) is -1.98. The van der Waals surface area contributed by atoms with Crippen LogP contribution in [0, 0.1) is 17.5 Å². The number of nitrogens with zero attached hydrogens (tertiary/aromatic N) is 1. The van der Waals surface area contributed by atoms with Crippen molar-refractivity contribution in [2.75, 3.05) is 0 Å². The number of aromatic amines is 2. The molecular weight excluding hydrogens is 457 g/mol. The van der Waals surface area contributed by atoms with Gasteiger partial charge in [0.15, 0.2) is 0 Å². The first kappa shape index (κ1) is 23.9. The minimum Gasteiger partial charge on any atom is -0.349 e. The molecule has 11 heteroatoms. The van der Waals surface area contributed by atoms with Crippen LogP contribution in [0.1, 0.15) is 33.5 Å². The summed E-state index contributed by atoms with van der Waals surface area (Å²) in [7, 11) is 0. The molecule has 2 aromatic heterocycles. The highest BCUT2D eigenvalue weighted by molar-refractivity contribution is 7.07. The summed E-state index contributed by atoms with van der Waals surface area (Å²) < 4.78 is 39.1. The molecule has 2 heterocycles. The van der Waals surface area contributed by atoms with Gasteiger partial charge >= 0.3 is 5.69 Å². The van der Waals surface area contributed by atoms with Gasteiger partial charge in [-0.15, -0.1) is 11.3 Å². The maximum atomic E-state index is 13.6. The molecule has 2 aromatic carbocycles.